The zero-order chi connectivity index (χ0) is 20.7. The van der Waals surface area contributed by atoms with Gasteiger partial charge in [-0.25, -0.2) is 10.2 Å². The van der Waals surface area contributed by atoms with Crippen LogP contribution in [-0.4, -0.2) is 35.0 Å². The molecule has 0 aliphatic carbocycles. The summed E-state index contributed by atoms with van der Waals surface area (Å²) in [6.07, 6.45) is 4.07. The maximum absolute atomic E-state index is 11.9. The highest BCUT2D eigenvalue weighted by Gasteiger charge is 2.45. The van der Waals surface area contributed by atoms with Gasteiger partial charge in [-0.1, -0.05) is 54.6 Å². The molecule has 3 heterocycles. The molecule has 156 valence electrons. The van der Waals surface area contributed by atoms with E-state index in [2.05, 4.69) is 83.7 Å². The van der Waals surface area contributed by atoms with E-state index in [-0.39, 0.29) is 5.54 Å². The summed E-state index contributed by atoms with van der Waals surface area (Å²) in [7, 11) is 0. The second-order valence-electron chi connectivity index (χ2n) is 9.58. The van der Waals surface area contributed by atoms with E-state index in [0.717, 1.165) is 44.5 Å². The number of nitrogens with one attached hydrogen (secondary N) is 1. The molecule has 2 aromatic carbocycles. The van der Waals surface area contributed by atoms with E-state index < -0.39 is 0 Å². The molecular weight excluding hydrogens is 370 g/mol. The van der Waals surface area contributed by atoms with Gasteiger partial charge < -0.3 is 0 Å². The lowest BCUT2D eigenvalue weighted by Crippen LogP contribution is -2.61. The lowest BCUT2D eigenvalue weighted by Gasteiger charge is -2.54. The van der Waals surface area contributed by atoms with Crippen LogP contribution in [0.5, 0.6) is 0 Å². The highest BCUT2D eigenvalue weighted by molar-refractivity contribution is 5.52. The number of rotatable bonds is 3. The van der Waals surface area contributed by atoms with Crippen LogP contribution in [0.15, 0.2) is 60.3 Å². The molecule has 0 aromatic heterocycles. The zero-order valence-electron chi connectivity index (χ0n) is 18.0. The SMILES string of the molecule is CC(C)(NN1C(=C=O)CC[C@H]2CN3CCc4ccccc4[C@H]3C[C@H]21)c1ccccc1. The van der Waals surface area contributed by atoms with Gasteiger partial charge in [0.2, 0.25) is 0 Å². The van der Waals surface area contributed by atoms with Crippen molar-refractivity contribution in [3.63, 3.8) is 0 Å². The third kappa shape index (κ3) is 3.39. The first-order valence-electron chi connectivity index (χ1n) is 11.3. The van der Waals surface area contributed by atoms with E-state index in [1.165, 1.54) is 16.7 Å². The van der Waals surface area contributed by atoms with E-state index >= 15 is 0 Å². The van der Waals surface area contributed by atoms with Crippen LogP contribution in [0.1, 0.15) is 55.8 Å². The fourth-order valence-corrected chi connectivity index (χ4v) is 5.76. The van der Waals surface area contributed by atoms with Gasteiger partial charge in [0, 0.05) is 19.1 Å². The van der Waals surface area contributed by atoms with Gasteiger partial charge in [0.1, 0.15) is 11.6 Å². The number of fused-ring (bicyclic) bond motifs is 4. The highest BCUT2D eigenvalue weighted by Crippen LogP contribution is 2.44. The smallest absolute Gasteiger partial charge is 0.147 e. The minimum atomic E-state index is -0.271. The van der Waals surface area contributed by atoms with Gasteiger partial charge in [0.25, 0.3) is 0 Å². The number of carbonyl (C=O) groups excluding carboxylic acids is 1. The van der Waals surface area contributed by atoms with Gasteiger partial charge in [-0.3, -0.25) is 9.91 Å². The first-order chi connectivity index (χ1) is 14.6. The predicted octanol–water partition coefficient (Wildman–Crippen LogP) is 4.23. The monoisotopic (exact) mass is 401 g/mol. The molecule has 4 heteroatoms. The van der Waals surface area contributed by atoms with Crippen molar-refractivity contribution in [2.24, 2.45) is 5.92 Å². The first kappa shape index (κ1) is 19.6. The molecule has 0 amide bonds. The van der Waals surface area contributed by atoms with Crippen LogP contribution in [0.3, 0.4) is 0 Å². The average molecular weight is 402 g/mol. The number of piperidine rings is 2. The molecule has 3 aliphatic rings. The maximum Gasteiger partial charge on any atom is 0.147 e. The molecular formula is C26H31N3O. The lowest BCUT2D eigenvalue weighted by molar-refractivity contribution is -0.0291. The van der Waals surface area contributed by atoms with E-state index in [1.54, 1.807) is 0 Å². The van der Waals surface area contributed by atoms with Gasteiger partial charge >= 0.3 is 0 Å². The van der Waals surface area contributed by atoms with Crippen LogP contribution < -0.4 is 5.43 Å². The van der Waals surface area contributed by atoms with Crippen LogP contribution >= 0.6 is 0 Å². The molecule has 0 unspecified atom stereocenters. The number of hydrogen-bond acceptors (Lipinski definition) is 4. The quantitative estimate of drug-likeness (QED) is 0.781. The van der Waals surface area contributed by atoms with E-state index in [0.29, 0.717) is 18.0 Å². The van der Waals surface area contributed by atoms with Gasteiger partial charge in [-0.2, -0.15) is 0 Å². The van der Waals surface area contributed by atoms with Crippen LogP contribution in [-0.2, 0) is 16.8 Å². The number of hydrazine groups is 1. The Morgan fingerprint density at radius 2 is 1.80 bits per heavy atom. The molecule has 0 saturated carbocycles. The second kappa shape index (κ2) is 7.70. The Bertz CT molecular complexity index is 963. The van der Waals surface area contributed by atoms with Crippen molar-refractivity contribution in [2.75, 3.05) is 13.1 Å². The molecule has 1 N–H and O–H groups in total. The summed E-state index contributed by atoms with van der Waals surface area (Å²) >= 11 is 0. The second-order valence-corrected chi connectivity index (χ2v) is 9.58. The summed E-state index contributed by atoms with van der Waals surface area (Å²) in [4.78, 5) is 14.6. The number of nitrogens with zero attached hydrogens (tertiary/aromatic N) is 2. The number of hydrogen-bond donors (Lipinski definition) is 1. The van der Waals surface area contributed by atoms with Gasteiger partial charge in [-0.15, -0.1) is 0 Å². The van der Waals surface area contributed by atoms with E-state index in [1.807, 2.05) is 6.07 Å². The topological polar surface area (TPSA) is 35.6 Å². The molecule has 2 aromatic rings. The van der Waals surface area contributed by atoms with Crippen molar-refractivity contribution in [3.8, 4) is 0 Å². The molecule has 2 fully saturated rings. The molecule has 0 spiro atoms. The van der Waals surface area contributed by atoms with Crippen molar-refractivity contribution in [2.45, 2.75) is 57.2 Å². The number of benzene rings is 2. The van der Waals surface area contributed by atoms with Gasteiger partial charge in [0.05, 0.1) is 11.6 Å². The standard InChI is InChI=1S/C26H31N3O/c1-26(2,21-9-4-3-5-10-21)27-29-22(18-30)13-12-20-17-28-15-14-19-8-6-7-11-23(19)25(28)16-24(20)29/h3-11,20,24-25,27H,12-17H2,1-2H3/t20-,24+,25+/m0/s1. The van der Waals surface area contributed by atoms with Crippen molar-refractivity contribution < 1.29 is 4.79 Å². The Hall–Kier alpha value is -2.39. The van der Waals surface area contributed by atoms with Crippen molar-refractivity contribution in [1.29, 1.82) is 0 Å². The molecule has 30 heavy (non-hydrogen) atoms. The Kier molecular flexibility index (Phi) is 5.02. The fourth-order valence-electron chi connectivity index (χ4n) is 5.76. The molecule has 0 radical (unpaired) electrons. The number of allylic oxidation sites excluding steroid dienone is 1. The first-order valence-corrected chi connectivity index (χ1v) is 11.3. The third-order valence-corrected chi connectivity index (χ3v) is 7.39. The summed E-state index contributed by atoms with van der Waals surface area (Å²) in [5, 5.41) is 2.20. The zero-order valence-corrected chi connectivity index (χ0v) is 18.0. The molecule has 2 saturated heterocycles. The Labute approximate surface area is 179 Å². The van der Waals surface area contributed by atoms with Crippen LogP contribution in [0.25, 0.3) is 0 Å². The van der Waals surface area contributed by atoms with Crippen molar-refractivity contribution in [3.05, 3.63) is 77.0 Å². The van der Waals surface area contributed by atoms with E-state index in [9.17, 15) is 4.79 Å². The fraction of sp³-hybridized carbons (Fsp3) is 0.462. The summed E-state index contributed by atoms with van der Waals surface area (Å²) in [6, 6.07) is 20.2. The van der Waals surface area contributed by atoms with Crippen molar-refractivity contribution in [1.82, 2.24) is 15.3 Å². The molecule has 4 nitrogen and oxygen atoms in total. The normalized spacial score (nSPS) is 26.4. The summed E-state index contributed by atoms with van der Waals surface area (Å²) in [5.41, 5.74) is 8.44. The molecule has 3 aliphatic heterocycles. The van der Waals surface area contributed by atoms with Gasteiger partial charge in [0.15, 0.2) is 0 Å². The van der Waals surface area contributed by atoms with Crippen LogP contribution in [0, 0.1) is 5.92 Å². The third-order valence-electron chi connectivity index (χ3n) is 7.39. The predicted molar refractivity (Wildman–Crippen MR) is 119 cm³/mol. The van der Waals surface area contributed by atoms with Crippen molar-refractivity contribution >= 4 is 5.94 Å². The maximum atomic E-state index is 11.9. The van der Waals surface area contributed by atoms with Crippen LogP contribution in [0.2, 0.25) is 0 Å². The Morgan fingerprint density at radius 3 is 2.60 bits per heavy atom. The lowest BCUT2D eigenvalue weighted by atomic mass is 9.76. The molecule has 0 bridgehead atoms. The molecule has 5 rings (SSSR count). The Morgan fingerprint density at radius 1 is 1.03 bits per heavy atom. The molecule has 3 atom stereocenters. The summed E-state index contributed by atoms with van der Waals surface area (Å²) in [6.45, 7) is 6.64. The minimum Gasteiger partial charge on any atom is -0.297 e. The Balaban J connectivity index is 1.46. The summed E-state index contributed by atoms with van der Waals surface area (Å²) < 4.78 is 0. The largest absolute Gasteiger partial charge is 0.297 e. The minimum absolute atomic E-state index is 0.271. The summed E-state index contributed by atoms with van der Waals surface area (Å²) in [5.74, 6) is 2.84. The van der Waals surface area contributed by atoms with Crippen LogP contribution in [0.4, 0.5) is 0 Å². The highest BCUT2D eigenvalue weighted by atomic mass is 16.1. The van der Waals surface area contributed by atoms with Gasteiger partial charge in [-0.05, 0) is 62.1 Å². The van der Waals surface area contributed by atoms with E-state index in [4.69, 9.17) is 0 Å². The average Bonchev–Trinajstić information content (AvgIpc) is 2.78.